The first-order valence-corrected chi connectivity index (χ1v) is 8.39. The van der Waals surface area contributed by atoms with Crippen molar-refractivity contribution < 1.29 is 0 Å². The van der Waals surface area contributed by atoms with Gasteiger partial charge in [-0.15, -0.1) is 0 Å². The maximum Gasteiger partial charge on any atom is 0.0630 e. The highest BCUT2D eigenvalue weighted by molar-refractivity contribution is 9.26. The van der Waals surface area contributed by atoms with Crippen LogP contribution in [0.4, 0.5) is 0 Å². The summed E-state index contributed by atoms with van der Waals surface area (Å²) in [5, 5.41) is 16.4. The van der Waals surface area contributed by atoms with Gasteiger partial charge in [-0.2, -0.15) is 10.5 Å². The topological polar surface area (TPSA) is 47.6 Å². The zero-order chi connectivity index (χ0) is 9.07. The second kappa shape index (κ2) is 11.4. The highest BCUT2D eigenvalue weighted by atomic mass is 33.7. The second-order valence-electron chi connectivity index (χ2n) is 1.60. The maximum absolute atomic E-state index is 8.22. The second-order valence-corrected chi connectivity index (χ2v) is 7.84. The number of hydrogen-bond donors (Lipinski definition) is 0. The smallest absolute Gasteiger partial charge is 0.0630 e. The number of nitriles is 2. The molecule has 0 saturated heterocycles. The average Bonchev–Trinajstić information content (AvgIpc) is 2.10. The SMILES string of the molecule is N#CCCSSSSCCC#N. The van der Waals surface area contributed by atoms with E-state index in [1.807, 2.05) is 0 Å². The number of nitrogens with zero attached hydrogens (tertiary/aromatic N) is 2. The molecule has 0 amide bonds. The fraction of sp³-hybridized carbons (Fsp3) is 0.667. The van der Waals surface area contributed by atoms with Crippen LogP contribution < -0.4 is 0 Å². The summed E-state index contributed by atoms with van der Waals surface area (Å²) in [5.41, 5.74) is 0. The molecule has 0 saturated carbocycles. The van der Waals surface area contributed by atoms with Crippen molar-refractivity contribution in [3.63, 3.8) is 0 Å². The van der Waals surface area contributed by atoms with Gasteiger partial charge in [0.1, 0.15) is 0 Å². The zero-order valence-corrected chi connectivity index (χ0v) is 9.62. The van der Waals surface area contributed by atoms with Gasteiger partial charge in [-0.05, 0) is 19.7 Å². The van der Waals surface area contributed by atoms with Crippen LogP contribution in [0.3, 0.4) is 0 Å². The molecule has 0 heterocycles. The molecule has 0 spiro atoms. The fourth-order valence-corrected chi connectivity index (χ4v) is 6.04. The van der Waals surface area contributed by atoms with E-state index < -0.39 is 0 Å². The lowest BCUT2D eigenvalue weighted by atomic mass is 10.6. The molecule has 12 heavy (non-hydrogen) atoms. The predicted molar refractivity (Wildman–Crippen MR) is 60.6 cm³/mol. The van der Waals surface area contributed by atoms with Crippen molar-refractivity contribution in [2.75, 3.05) is 11.5 Å². The summed E-state index contributed by atoms with van der Waals surface area (Å²) in [5.74, 6) is 1.76. The first-order valence-electron chi connectivity index (χ1n) is 3.23. The van der Waals surface area contributed by atoms with Crippen molar-refractivity contribution in [2.24, 2.45) is 0 Å². The van der Waals surface area contributed by atoms with Crippen LogP contribution in [0.1, 0.15) is 12.8 Å². The molecule has 0 radical (unpaired) electrons. The molecule has 0 atom stereocenters. The Morgan fingerprint density at radius 2 is 1.25 bits per heavy atom. The molecule has 0 aromatic heterocycles. The molecule has 6 heteroatoms. The standard InChI is InChI=1S/C6H8N2S4/c7-3-1-5-9-11-12-10-6-2-4-8/h1-2,5-6H2. The Labute approximate surface area is 88.0 Å². The van der Waals surface area contributed by atoms with Gasteiger partial charge in [-0.25, -0.2) is 0 Å². The molecule has 0 unspecified atom stereocenters. The molecule has 0 fully saturated rings. The first-order chi connectivity index (χ1) is 5.91. The minimum atomic E-state index is 0.612. The summed E-state index contributed by atoms with van der Waals surface area (Å²) in [6.07, 6.45) is 1.22. The van der Waals surface area contributed by atoms with Crippen LogP contribution >= 0.6 is 41.2 Å². The van der Waals surface area contributed by atoms with Gasteiger partial charge in [-0.3, -0.25) is 0 Å². The van der Waals surface area contributed by atoms with E-state index in [0.29, 0.717) is 12.8 Å². The molecule has 0 aliphatic rings. The molecule has 0 bridgehead atoms. The Kier molecular flexibility index (Phi) is 11.7. The molecule has 0 aliphatic heterocycles. The van der Waals surface area contributed by atoms with Gasteiger partial charge >= 0.3 is 0 Å². The van der Waals surface area contributed by atoms with Crippen molar-refractivity contribution in [1.82, 2.24) is 0 Å². The van der Waals surface area contributed by atoms with E-state index in [4.69, 9.17) is 10.5 Å². The third-order valence-corrected chi connectivity index (χ3v) is 7.18. The van der Waals surface area contributed by atoms with Gasteiger partial charge in [0, 0.05) is 24.3 Å². The van der Waals surface area contributed by atoms with Crippen molar-refractivity contribution in [1.29, 1.82) is 10.5 Å². The zero-order valence-electron chi connectivity index (χ0n) is 6.36. The van der Waals surface area contributed by atoms with Crippen LogP contribution in [0.25, 0.3) is 0 Å². The number of rotatable bonds is 7. The van der Waals surface area contributed by atoms with E-state index in [9.17, 15) is 0 Å². The van der Waals surface area contributed by atoms with Gasteiger partial charge in [-0.1, -0.05) is 21.6 Å². The summed E-state index contributed by atoms with van der Waals surface area (Å²) in [7, 11) is 6.74. The Bertz CT molecular complexity index is 151. The summed E-state index contributed by atoms with van der Waals surface area (Å²) in [6, 6.07) is 4.17. The van der Waals surface area contributed by atoms with Crippen LogP contribution in [0, 0.1) is 22.7 Å². The lowest BCUT2D eigenvalue weighted by Crippen LogP contribution is -1.69. The van der Waals surface area contributed by atoms with Crippen LogP contribution in [0.15, 0.2) is 0 Å². The average molecular weight is 236 g/mol. The summed E-state index contributed by atoms with van der Waals surface area (Å²) < 4.78 is 0. The lowest BCUT2D eigenvalue weighted by Gasteiger charge is -1.94. The van der Waals surface area contributed by atoms with Gasteiger partial charge < -0.3 is 0 Å². The van der Waals surface area contributed by atoms with E-state index in [0.717, 1.165) is 11.5 Å². The van der Waals surface area contributed by atoms with Crippen LogP contribution in [-0.2, 0) is 0 Å². The van der Waals surface area contributed by atoms with Crippen molar-refractivity contribution in [2.45, 2.75) is 12.8 Å². The van der Waals surface area contributed by atoms with Crippen LogP contribution in [0.2, 0.25) is 0 Å². The quantitative estimate of drug-likeness (QED) is 0.498. The van der Waals surface area contributed by atoms with Gasteiger partial charge in [0.25, 0.3) is 0 Å². The van der Waals surface area contributed by atoms with Crippen molar-refractivity contribution in [3.8, 4) is 12.1 Å². The van der Waals surface area contributed by atoms with Gasteiger partial charge in [0.2, 0.25) is 0 Å². The molecule has 0 aliphatic carbocycles. The van der Waals surface area contributed by atoms with E-state index in [-0.39, 0.29) is 0 Å². The molecule has 0 N–H and O–H groups in total. The fourth-order valence-electron chi connectivity index (χ4n) is 0.282. The predicted octanol–water partition coefficient (Wildman–Crippen LogP) is 3.49. The largest absolute Gasteiger partial charge is 0.198 e. The van der Waals surface area contributed by atoms with E-state index in [1.54, 1.807) is 41.2 Å². The number of hydrogen-bond acceptors (Lipinski definition) is 6. The highest BCUT2D eigenvalue weighted by Crippen LogP contribution is 2.43. The molecule has 66 valence electrons. The third-order valence-electron chi connectivity index (χ3n) is 0.718. The molecule has 0 aromatic rings. The summed E-state index contributed by atoms with van der Waals surface area (Å²) in [4.78, 5) is 0. The van der Waals surface area contributed by atoms with Crippen LogP contribution in [-0.4, -0.2) is 11.5 Å². The summed E-state index contributed by atoms with van der Waals surface area (Å²) >= 11 is 0. The molecular formula is C6H8N2S4. The Balaban J connectivity index is 2.84. The third kappa shape index (κ3) is 10.4. The van der Waals surface area contributed by atoms with Crippen molar-refractivity contribution >= 4 is 41.2 Å². The Morgan fingerprint density at radius 1 is 0.833 bits per heavy atom. The van der Waals surface area contributed by atoms with E-state index in [1.165, 1.54) is 0 Å². The molecule has 0 rings (SSSR count). The minimum absolute atomic E-state index is 0.612. The normalized spacial score (nSPS) is 8.83. The van der Waals surface area contributed by atoms with E-state index in [2.05, 4.69) is 12.1 Å². The maximum atomic E-state index is 8.22. The minimum Gasteiger partial charge on any atom is -0.198 e. The van der Waals surface area contributed by atoms with Gasteiger partial charge in [0.05, 0.1) is 12.1 Å². The highest BCUT2D eigenvalue weighted by Gasteiger charge is 1.92. The summed E-state index contributed by atoms with van der Waals surface area (Å²) in [6.45, 7) is 0. The Hall–Kier alpha value is 0.380. The van der Waals surface area contributed by atoms with Crippen molar-refractivity contribution in [3.05, 3.63) is 0 Å². The molecule has 2 nitrogen and oxygen atoms in total. The lowest BCUT2D eigenvalue weighted by molar-refractivity contribution is 1.25. The van der Waals surface area contributed by atoms with Crippen LogP contribution in [0.5, 0.6) is 0 Å². The first kappa shape index (κ1) is 12.4. The molecule has 0 aromatic carbocycles. The monoisotopic (exact) mass is 236 g/mol. The Morgan fingerprint density at radius 3 is 1.58 bits per heavy atom. The van der Waals surface area contributed by atoms with Gasteiger partial charge in [0.15, 0.2) is 0 Å². The molecular weight excluding hydrogens is 228 g/mol. The van der Waals surface area contributed by atoms with E-state index >= 15 is 0 Å².